The molecule has 120 valence electrons. The van der Waals surface area contributed by atoms with Gasteiger partial charge in [0.25, 0.3) is 5.91 Å². The first-order valence-corrected chi connectivity index (χ1v) is 6.02. The smallest absolute Gasteiger partial charge is 0.418 e. The van der Waals surface area contributed by atoms with Gasteiger partial charge in [-0.2, -0.15) is 13.2 Å². The number of carbonyl (C=O) groups excluding carboxylic acids is 1. The summed E-state index contributed by atoms with van der Waals surface area (Å²) < 4.78 is 43.2. The number of hydrogen-bond donors (Lipinski definition) is 2. The number of rotatable bonds is 7. The molecule has 1 atom stereocenters. The third kappa shape index (κ3) is 4.85. The molecule has 0 aliphatic rings. The van der Waals surface area contributed by atoms with E-state index in [2.05, 4.69) is 11.6 Å². The van der Waals surface area contributed by atoms with E-state index in [4.69, 9.17) is 9.84 Å². The van der Waals surface area contributed by atoms with E-state index in [1.165, 1.54) is 6.08 Å². The zero-order chi connectivity index (χ0) is 16.8. The topological polar surface area (TPSA) is 88.5 Å². The molecule has 1 unspecified atom stereocenters. The van der Waals surface area contributed by atoms with Crippen molar-refractivity contribution >= 4 is 11.9 Å². The highest BCUT2D eigenvalue weighted by Gasteiger charge is 2.36. The molecule has 1 amide bonds. The Morgan fingerprint density at radius 1 is 1.50 bits per heavy atom. The van der Waals surface area contributed by atoms with Crippen molar-refractivity contribution in [3.05, 3.63) is 42.2 Å². The first-order chi connectivity index (χ1) is 10.3. The van der Waals surface area contributed by atoms with Crippen LogP contribution in [0.5, 0.6) is 0 Å². The fourth-order valence-corrected chi connectivity index (χ4v) is 1.49. The van der Waals surface area contributed by atoms with Gasteiger partial charge in [0.05, 0.1) is 18.8 Å². The molecule has 0 aliphatic heterocycles. The zero-order valence-corrected chi connectivity index (χ0v) is 11.3. The number of aliphatic carboxylic acids is 1. The minimum atomic E-state index is -4.78. The van der Waals surface area contributed by atoms with E-state index < -0.39 is 42.0 Å². The average Bonchev–Trinajstić information content (AvgIpc) is 2.45. The maximum absolute atomic E-state index is 12.8. The number of nitrogens with zero attached hydrogens (tertiary/aromatic N) is 1. The van der Waals surface area contributed by atoms with Crippen LogP contribution in [0.2, 0.25) is 0 Å². The van der Waals surface area contributed by atoms with Crippen LogP contribution in [0, 0.1) is 0 Å². The molecule has 1 aromatic heterocycles. The molecular weight excluding hydrogens is 305 g/mol. The molecule has 1 rings (SSSR count). The zero-order valence-electron chi connectivity index (χ0n) is 11.3. The molecule has 6 nitrogen and oxygen atoms in total. The van der Waals surface area contributed by atoms with Gasteiger partial charge >= 0.3 is 12.1 Å². The van der Waals surface area contributed by atoms with E-state index in [0.717, 1.165) is 12.3 Å². The van der Waals surface area contributed by atoms with Crippen molar-refractivity contribution in [2.24, 2.45) is 0 Å². The van der Waals surface area contributed by atoms with Crippen LogP contribution in [-0.2, 0) is 15.7 Å². The predicted molar refractivity (Wildman–Crippen MR) is 69.1 cm³/mol. The number of hydrogen-bond acceptors (Lipinski definition) is 4. The monoisotopic (exact) mass is 318 g/mol. The number of amides is 1. The van der Waals surface area contributed by atoms with Crippen molar-refractivity contribution in [2.45, 2.75) is 12.2 Å². The van der Waals surface area contributed by atoms with Gasteiger partial charge in [-0.1, -0.05) is 6.08 Å². The van der Waals surface area contributed by atoms with Crippen LogP contribution in [0.25, 0.3) is 0 Å². The second-order valence-corrected chi connectivity index (χ2v) is 4.09. The van der Waals surface area contributed by atoms with E-state index in [1.807, 2.05) is 5.32 Å². The maximum Gasteiger partial charge on any atom is 0.418 e. The van der Waals surface area contributed by atoms with Crippen molar-refractivity contribution in [1.82, 2.24) is 10.3 Å². The summed E-state index contributed by atoms with van der Waals surface area (Å²) in [5.41, 5.74) is -2.14. The van der Waals surface area contributed by atoms with Crippen molar-refractivity contribution in [3.8, 4) is 0 Å². The molecule has 1 heterocycles. The van der Waals surface area contributed by atoms with E-state index in [0.29, 0.717) is 6.07 Å². The number of aromatic nitrogens is 1. The maximum atomic E-state index is 12.8. The van der Waals surface area contributed by atoms with E-state index in [-0.39, 0.29) is 6.61 Å². The average molecular weight is 318 g/mol. The largest absolute Gasteiger partial charge is 0.480 e. The fourth-order valence-electron chi connectivity index (χ4n) is 1.49. The number of carbonyl (C=O) groups is 2. The molecule has 0 aliphatic carbocycles. The molecule has 22 heavy (non-hydrogen) atoms. The number of alkyl halides is 3. The number of ether oxygens (including phenoxy) is 1. The molecule has 0 saturated carbocycles. The minimum Gasteiger partial charge on any atom is -0.480 e. The second kappa shape index (κ2) is 7.55. The summed E-state index contributed by atoms with van der Waals surface area (Å²) in [4.78, 5) is 26.2. The van der Waals surface area contributed by atoms with Gasteiger partial charge in [0.1, 0.15) is 5.69 Å². The molecule has 2 N–H and O–H groups in total. The lowest BCUT2D eigenvalue weighted by atomic mass is 10.1. The van der Waals surface area contributed by atoms with Crippen molar-refractivity contribution in [2.75, 3.05) is 13.2 Å². The van der Waals surface area contributed by atoms with Crippen LogP contribution < -0.4 is 5.32 Å². The number of pyridine rings is 1. The van der Waals surface area contributed by atoms with Crippen LogP contribution in [-0.4, -0.2) is 41.2 Å². The Balaban J connectivity index is 2.91. The molecular formula is C13H13F3N2O4. The summed E-state index contributed by atoms with van der Waals surface area (Å²) in [6.07, 6.45) is -2.41. The molecule has 0 fully saturated rings. The molecule has 0 bridgehead atoms. The van der Waals surface area contributed by atoms with Crippen LogP contribution in [0.1, 0.15) is 16.1 Å². The first kappa shape index (κ1) is 17.6. The Kier molecular flexibility index (Phi) is 6.05. The highest BCUT2D eigenvalue weighted by Crippen LogP contribution is 2.30. The second-order valence-electron chi connectivity index (χ2n) is 4.09. The minimum absolute atomic E-state index is 0.0387. The third-order valence-electron chi connectivity index (χ3n) is 2.45. The number of carboxylic acids is 1. The molecule has 0 saturated heterocycles. The van der Waals surface area contributed by atoms with Gasteiger partial charge in [0, 0.05) is 6.20 Å². The summed E-state index contributed by atoms with van der Waals surface area (Å²) in [6, 6.07) is 0.212. The standard InChI is InChI=1S/C13H13F3N2O4/c1-2-6-22-7-9(12(20)21)18-11(19)10-8(13(14,15)16)4-3-5-17-10/h2-5,9H,1,6-7H2,(H,18,19)(H,20,21). The van der Waals surface area contributed by atoms with Gasteiger partial charge < -0.3 is 15.2 Å². The van der Waals surface area contributed by atoms with Gasteiger partial charge in [0.15, 0.2) is 6.04 Å². The summed E-state index contributed by atoms with van der Waals surface area (Å²) >= 11 is 0. The Morgan fingerprint density at radius 2 is 2.18 bits per heavy atom. The van der Waals surface area contributed by atoms with Gasteiger partial charge in [-0.05, 0) is 12.1 Å². The van der Waals surface area contributed by atoms with Gasteiger partial charge in [0.2, 0.25) is 0 Å². The fraction of sp³-hybridized carbons (Fsp3) is 0.308. The molecule has 1 aromatic rings. The summed E-state index contributed by atoms with van der Waals surface area (Å²) in [6.45, 7) is 2.98. The van der Waals surface area contributed by atoms with E-state index in [9.17, 15) is 22.8 Å². The Hall–Kier alpha value is -2.42. The SMILES string of the molecule is C=CCOCC(NC(=O)c1ncccc1C(F)(F)F)C(=O)O. The number of halogens is 3. The number of carboxylic acid groups (broad SMARTS) is 1. The Morgan fingerprint density at radius 3 is 2.73 bits per heavy atom. The lowest BCUT2D eigenvalue weighted by Gasteiger charge is -2.16. The summed E-state index contributed by atoms with van der Waals surface area (Å²) in [7, 11) is 0. The Bertz CT molecular complexity index is 560. The summed E-state index contributed by atoms with van der Waals surface area (Å²) in [5, 5.41) is 10.9. The van der Waals surface area contributed by atoms with E-state index >= 15 is 0 Å². The highest BCUT2D eigenvalue weighted by atomic mass is 19.4. The van der Waals surface area contributed by atoms with Gasteiger partial charge in [-0.3, -0.25) is 9.78 Å². The van der Waals surface area contributed by atoms with Crippen molar-refractivity contribution < 1.29 is 32.6 Å². The van der Waals surface area contributed by atoms with Crippen LogP contribution in [0.3, 0.4) is 0 Å². The van der Waals surface area contributed by atoms with Crippen LogP contribution in [0.15, 0.2) is 31.0 Å². The quantitative estimate of drug-likeness (QED) is 0.587. The molecule has 0 aromatic carbocycles. The number of nitrogens with one attached hydrogen (secondary N) is 1. The lowest BCUT2D eigenvalue weighted by molar-refractivity contribution is -0.140. The molecule has 0 spiro atoms. The first-order valence-electron chi connectivity index (χ1n) is 6.02. The van der Waals surface area contributed by atoms with Gasteiger partial charge in [-0.25, -0.2) is 4.79 Å². The predicted octanol–water partition coefficient (Wildman–Crippen LogP) is 1.49. The van der Waals surface area contributed by atoms with E-state index in [1.54, 1.807) is 0 Å². The normalized spacial score (nSPS) is 12.5. The van der Waals surface area contributed by atoms with Crippen LogP contribution in [0.4, 0.5) is 13.2 Å². The van der Waals surface area contributed by atoms with Crippen molar-refractivity contribution in [1.29, 1.82) is 0 Å². The van der Waals surface area contributed by atoms with Gasteiger partial charge in [-0.15, -0.1) is 6.58 Å². The lowest BCUT2D eigenvalue weighted by Crippen LogP contribution is -2.44. The molecule has 9 heteroatoms. The Labute approximate surface area is 123 Å². The molecule has 0 radical (unpaired) electrons. The highest BCUT2D eigenvalue weighted by molar-refractivity contribution is 5.96. The van der Waals surface area contributed by atoms with Crippen LogP contribution >= 0.6 is 0 Å². The third-order valence-corrected chi connectivity index (χ3v) is 2.45. The summed E-state index contributed by atoms with van der Waals surface area (Å²) in [5.74, 6) is -2.69. The van der Waals surface area contributed by atoms with Crippen molar-refractivity contribution in [3.63, 3.8) is 0 Å².